The van der Waals surface area contributed by atoms with Crippen LogP contribution in [-0.4, -0.2) is 51.3 Å². The topological polar surface area (TPSA) is 153 Å². The van der Waals surface area contributed by atoms with Crippen molar-refractivity contribution in [3.05, 3.63) is 0 Å². The Labute approximate surface area is 140 Å². The lowest BCUT2D eigenvalue weighted by atomic mass is 9.89. The van der Waals surface area contributed by atoms with Crippen molar-refractivity contribution < 1.29 is 34.5 Å². The van der Waals surface area contributed by atoms with Gasteiger partial charge < -0.3 is 26.0 Å². The van der Waals surface area contributed by atoms with Gasteiger partial charge in [-0.2, -0.15) is 0 Å². The van der Waals surface area contributed by atoms with Crippen molar-refractivity contribution in [1.29, 1.82) is 0 Å². The summed E-state index contributed by atoms with van der Waals surface area (Å²) in [6, 6.07) is -3.48. The van der Waals surface area contributed by atoms with Gasteiger partial charge >= 0.3 is 23.9 Å². The van der Waals surface area contributed by atoms with Gasteiger partial charge in [-0.1, -0.05) is 27.2 Å². The van der Waals surface area contributed by atoms with E-state index in [9.17, 15) is 19.2 Å². The molecule has 9 nitrogen and oxygen atoms in total. The van der Waals surface area contributed by atoms with E-state index in [1.54, 1.807) is 0 Å². The Bertz CT molecular complexity index is 471. The number of hydrogen-bond donors (Lipinski definition) is 5. The third-order valence-electron chi connectivity index (χ3n) is 3.27. The molecular weight excluding hydrogens is 320 g/mol. The summed E-state index contributed by atoms with van der Waals surface area (Å²) in [5.74, 6) is -3.78. The van der Waals surface area contributed by atoms with Crippen LogP contribution in [0, 0.1) is 5.41 Å². The molecule has 0 aromatic heterocycles. The van der Waals surface area contributed by atoms with Crippen molar-refractivity contribution in [3.8, 4) is 0 Å². The van der Waals surface area contributed by atoms with Gasteiger partial charge in [0.1, 0.15) is 12.1 Å². The molecule has 2 atom stereocenters. The normalized spacial score (nSPS) is 13.6. The first kappa shape index (κ1) is 21.7. The highest BCUT2D eigenvalue weighted by atomic mass is 16.4. The lowest BCUT2D eigenvalue weighted by Crippen LogP contribution is -2.51. The average Bonchev–Trinajstić information content (AvgIpc) is 2.40. The number of carboxylic acid groups (broad SMARTS) is 3. The molecule has 0 fully saturated rings. The second kappa shape index (κ2) is 9.74. The average molecular weight is 346 g/mol. The lowest BCUT2D eigenvalue weighted by molar-refractivity contribution is -0.140. The molecule has 1 unspecified atom stereocenters. The summed E-state index contributed by atoms with van der Waals surface area (Å²) in [6.07, 6.45) is 0.858. The van der Waals surface area contributed by atoms with Gasteiger partial charge in [0.2, 0.25) is 0 Å². The van der Waals surface area contributed by atoms with Crippen molar-refractivity contribution in [2.45, 2.75) is 65.0 Å². The van der Waals surface area contributed by atoms with Crippen LogP contribution in [0.2, 0.25) is 0 Å². The van der Waals surface area contributed by atoms with Crippen LogP contribution in [0.5, 0.6) is 0 Å². The predicted octanol–water partition coefficient (Wildman–Crippen LogP) is 1.27. The summed E-state index contributed by atoms with van der Waals surface area (Å²) in [5.41, 5.74) is 0.0382. The Morgan fingerprint density at radius 3 is 1.71 bits per heavy atom. The number of carboxylic acids is 3. The highest BCUT2D eigenvalue weighted by molar-refractivity contribution is 5.86. The first-order valence-electron chi connectivity index (χ1n) is 7.67. The Hall–Kier alpha value is -2.32. The van der Waals surface area contributed by atoms with Gasteiger partial charge in [0.15, 0.2) is 0 Å². The number of rotatable bonds is 10. The molecule has 138 valence electrons. The van der Waals surface area contributed by atoms with Gasteiger partial charge in [-0.3, -0.25) is 4.79 Å². The van der Waals surface area contributed by atoms with Crippen molar-refractivity contribution in [1.82, 2.24) is 10.6 Å². The number of nitrogens with one attached hydrogen (secondary N) is 2. The van der Waals surface area contributed by atoms with Crippen LogP contribution in [0.4, 0.5) is 4.79 Å². The molecule has 0 rings (SSSR count). The van der Waals surface area contributed by atoms with Gasteiger partial charge in [-0.05, 0) is 24.7 Å². The van der Waals surface area contributed by atoms with Gasteiger partial charge in [0, 0.05) is 6.42 Å². The van der Waals surface area contributed by atoms with Crippen LogP contribution < -0.4 is 10.6 Å². The highest BCUT2D eigenvalue weighted by Crippen LogP contribution is 2.22. The molecule has 24 heavy (non-hydrogen) atoms. The first-order valence-corrected chi connectivity index (χ1v) is 7.67. The second-order valence-electron chi connectivity index (χ2n) is 6.78. The maximum absolute atomic E-state index is 11.8. The second-order valence-corrected chi connectivity index (χ2v) is 6.78. The van der Waals surface area contributed by atoms with E-state index in [1.165, 1.54) is 0 Å². The van der Waals surface area contributed by atoms with Gasteiger partial charge in [-0.25, -0.2) is 14.4 Å². The number of hydrogen-bond acceptors (Lipinski definition) is 4. The number of amides is 2. The standard InChI is InChI=1S/C15H26N2O7/c1-15(2,3)8-4-5-9(12(20)21)16-14(24)17-10(13(22)23)6-7-11(18)19/h9-10H,4-8H2,1-3H3,(H,18,19)(H,20,21)(H,22,23)(H2,16,17,24)/t9?,10-/m0/s1. The van der Waals surface area contributed by atoms with Crippen LogP contribution in [0.3, 0.4) is 0 Å². The van der Waals surface area contributed by atoms with Crippen molar-refractivity contribution in [2.24, 2.45) is 5.41 Å². The lowest BCUT2D eigenvalue weighted by Gasteiger charge is -2.21. The molecule has 0 aliphatic rings. The van der Waals surface area contributed by atoms with Crippen molar-refractivity contribution in [2.75, 3.05) is 0 Å². The zero-order valence-electron chi connectivity index (χ0n) is 14.2. The van der Waals surface area contributed by atoms with E-state index in [2.05, 4.69) is 10.6 Å². The molecule has 0 heterocycles. The van der Waals surface area contributed by atoms with E-state index in [-0.39, 0.29) is 18.3 Å². The summed E-state index contributed by atoms with van der Waals surface area (Å²) in [6.45, 7) is 6.05. The molecule has 0 aliphatic heterocycles. The summed E-state index contributed by atoms with van der Waals surface area (Å²) >= 11 is 0. The monoisotopic (exact) mass is 346 g/mol. The number of aliphatic carboxylic acids is 3. The molecule has 0 aliphatic carbocycles. The van der Waals surface area contributed by atoms with Crippen LogP contribution >= 0.6 is 0 Å². The molecule has 0 radical (unpaired) electrons. The number of carbonyl (C=O) groups is 4. The Kier molecular flexibility index (Phi) is 8.80. The Morgan fingerprint density at radius 2 is 1.33 bits per heavy atom. The fourth-order valence-corrected chi connectivity index (χ4v) is 1.98. The predicted molar refractivity (Wildman–Crippen MR) is 84.7 cm³/mol. The molecule has 2 amide bonds. The summed E-state index contributed by atoms with van der Waals surface area (Å²) < 4.78 is 0. The van der Waals surface area contributed by atoms with E-state index in [0.717, 1.165) is 6.42 Å². The third-order valence-corrected chi connectivity index (χ3v) is 3.27. The molecular formula is C15H26N2O7. The van der Waals surface area contributed by atoms with Crippen molar-refractivity contribution >= 4 is 23.9 Å². The van der Waals surface area contributed by atoms with E-state index in [4.69, 9.17) is 15.3 Å². The summed E-state index contributed by atoms with van der Waals surface area (Å²) in [5, 5.41) is 31.0. The minimum atomic E-state index is -1.40. The van der Waals surface area contributed by atoms with Crippen LogP contribution in [0.25, 0.3) is 0 Å². The van der Waals surface area contributed by atoms with E-state index >= 15 is 0 Å². The SMILES string of the molecule is CC(C)(C)CCCC(NC(=O)N[C@@H](CCC(=O)O)C(=O)O)C(=O)O. The van der Waals surface area contributed by atoms with E-state index < -0.39 is 42.4 Å². The van der Waals surface area contributed by atoms with Gasteiger partial charge in [0.25, 0.3) is 0 Å². The first-order chi connectivity index (χ1) is 10.9. The van der Waals surface area contributed by atoms with E-state index in [1.807, 2.05) is 20.8 Å². The van der Waals surface area contributed by atoms with Gasteiger partial charge in [-0.15, -0.1) is 0 Å². The number of urea groups is 1. The summed E-state index contributed by atoms with van der Waals surface area (Å²) in [4.78, 5) is 44.4. The molecule has 0 aromatic carbocycles. The molecule has 0 aromatic rings. The van der Waals surface area contributed by atoms with Crippen LogP contribution in [0.15, 0.2) is 0 Å². The Balaban J connectivity index is 4.55. The fourth-order valence-electron chi connectivity index (χ4n) is 1.98. The van der Waals surface area contributed by atoms with Crippen molar-refractivity contribution in [3.63, 3.8) is 0 Å². The maximum atomic E-state index is 11.8. The smallest absolute Gasteiger partial charge is 0.326 e. The molecule has 0 bridgehead atoms. The molecule has 9 heteroatoms. The maximum Gasteiger partial charge on any atom is 0.326 e. The highest BCUT2D eigenvalue weighted by Gasteiger charge is 2.25. The van der Waals surface area contributed by atoms with E-state index in [0.29, 0.717) is 6.42 Å². The Morgan fingerprint density at radius 1 is 0.875 bits per heavy atom. The van der Waals surface area contributed by atoms with Crippen LogP contribution in [0.1, 0.15) is 52.9 Å². The largest absolute Gasteiger partial charge is 0.481 e. The minimum Gasteiger partial charge on any atom is -0.481 e. The molecule has 0 saturated carbocycles. The van der Waals surface area contributed by atoms with Crippen LogP contribution in [-0.2, 0) is 14.4 Å². The summed E-state index contributed by atoms with van der Waals surface area (Å²) in [7, 11) is 0. The quantitative estimate of drug-likeness (QED) is 0.399. The fraction of sp³-hybridized carbons (Fsp3) is 0.733. The zero-order chi connectivity index (χ0) is 18.9. The molecule has 5 N–H and O–H groups in total. The molecule has 0 saturated heterocycles. The molecule has 0 spiro atoms. The number of carbonyl (C=O) groups excluding carboxylic acids is 1. The third kappa shape index (κ3) is 10.4. The minimum absolute atomic E-state index is 0.0382. The van der Waals surface area contributed by atoms with Gasteiger partial charge in [0.05, 0.1) is 0 Å². The zero-order valence-corrected chi connectivity index (χ0v) is 14.2.